The summed E-state index contributed by atoms with van der Waals surface area (Å²) >= 11 is 0. The second-order valence-electron chi connectivity index (χ2n) is 5.27. The molecule has 18 heavy (non-hydrogen) atoms. The van der Waals surface area contributed by atoms with Gasteiger partial charge in [-0.25, -0.2) is 0 Å². The summed E-state index contributed by atoms with van der Waals surface area (Å²) < 4.78 is 0. The molecule has 4 nitrogen and oxygen atoms in total. The predicted octanol–water partition coefficient (Wildman–Crippen LogP) is 1.42. The Kier molecular flexibility index (Phi) is 4.39. The van der Waals surface area contributed by atoms with Crippen molar-refractivity contribution in [2.75, 3.05) is 26.2 Å². The lowest BCUT2D eigenvalue weighted by molar-refractivity contribution is -0.135. The maximum atomic E-state index is 11.7. The van der Waals surface area contributed by atoms with Crippen LogP contribution in [0.25, 0.3) is 0 Å². The molecule has 0 saturated carbocycles. The smallest absolute Gasteiger partial charge is 0.245 e. The summed E-state index contributed by atoms with van der Waals surface area (Å²) in [4.78, 5) is 27.1. The van der Waals surface area contributed by atoms with Crippen molar-refractivity contribution in [1.29, 1.82) is 0 Å². The highest BCUT2D eigenvalue weighted by atomic mass is 16.2. The molecule has 0 aromatic rings. The zero-order valence-corrected chi connectivity index (χ0v) is 10.9. The molecule has 2 fully saturated rings. The molecule has 0 aromatic heterocycles. The van der Waals surface area contributed by atoms with Gasteiger partial charge in [-0.1, -0.05) is 6.58 Å². The first-order valence-corrected chi connectivity index (χ1v) is 6.90. The van der Waals surface area contributed by atoms with Gasteiger partial charge in [-0.05, 0) is 37.7 Å². The fraction of sp³-hybridized carbons (Fsp3) is 0.714. The number of carbonyl (C=O) groups excluding carboxylic acids is 2. The van der Waals surface area contributed by atoms with Crippen molar-refractivity contribution in [1.82, 2.24) is 9.80 Å². The number of hydrogen-bond donors (Lipinski definition) is 0. The molecule has 100 valence electrons. The van der Waals surface area contributed by atoms with E-state index in [2.05, 4.69) is 6.58 Å². The van der Waals surface area contributed by atoms with E-state index in [0.29, 0.717) is 18.2 Å². The zero-order chi connectivity index (χ0) is 13.0. The summed E-state index contributed by atoms with van der Waals surface area (Å²) in [6.07, 6.45) is 6.29. The first-order chi connectivity index (χ1) is 8.70. The number of rotatable bonds is 3. The van der Waals surface area contributed by atoms with Crippen LogP contribution in [0.5, 0.6) is 0 Å². The molecule has 2 saturated heterocycles. The standard InChI is InChI=1S/C14H22N2O2/c1-2-13(17)15-9-6-12(7-10-15)11-16-8-4-3-5-14(16)18/h2,12H,1,3-11H2. The lowest BCUT2D eigenvalue weighted by Gasteiger charge is -2.35. The Morgan fingerprint density at radius 2 is 2.00 bits per heavy atom. The van der Waals surface area contributed by atoms with Gasteiger partial charge in [0.05, 0.1) is 0 Å². The van der Waals surface area contributed by atoms with Gasteiger partial charge in [0, 0.05) is 32.6 Å². The van der Waals surface area contributed by atoms with Crippen LogP contribution in [0.2, 0.25) is 0 Å². The molecule has 0 unspecified atom stereocenters. The van der Waals surface area contributed by atoms with Crippen LogP contribution < -0.4 is 0 Å². The van der Waals surface area contributed by atoms with Gasteiger partial charge in [-0.3, -0.25) is 9.59 Å². The highest BCUT2D eigenvalue weighted by molar-refractivity contribution is 5.87. The van der Waals surface area contributed by atoms with Gasteiger partial charge in [0.25, 0.3) is 0 Å². The molecular weight excluding hydrogens is 228 g/mol. The monoisotopic (exact) mass is 250 g/mol. The van der Waals surface area contributed by atoms with Gasteiger partial charge in [-0.2, -0.15) is 0 Å². The molecule has 0 aromatic carbocycles. The first-order valence-electron chi connectivity index (χ1n) is 6.90. The summed E-state index contributed by atoms with van der Waals surface area (Å²) in [6, 6.07) is 0. The van der Waals surface area contributed by atoms with Crippen LogP contribution in [0.15, 0.2) is 12.7 Å². The van der Waals surface area contributed by atoms with E-state index in [4.69, 9.17) is 0 Å². The van der Waals surface area contributed by atoms with E-state index in [1.807, 2.05) is 9.80 Å². The number of nitrogens with zero attached hydrogens (tertiary/aromatic N) is 2. The SMILES string of the molecule is C=CC(=O)N1CCC(CN2CCCCC2=O)CC1. The Balaban J connectivity index is 1.77. The third-order valence-corrected chi connectivity index (χ3v) is 4.00. The molecule has 0 N–H and O–H groups in total. The fourth-order valence-corrected chi connectivity index (χ4v) is 2.83. The van der Waals surface area contributed by atoms with Crippen LogP contribution in [0.4, 0.5) is 0 Å². The number of hydrogen-bond acceptors (Lipinski definition) is 2. The summed E-state index contributed by atoms with van der Waals surface area (Å²) in [5.41, 5.74) is 0. The quantitative estimate of drug-likeness (QED) is 0.711. The Labute approximate surface area is 109 Å². The highest BCUT2D eigenvalue weighted by Crippen LogP contribution is 2.21. The summed E-state index contributed by atoms with van der Waals surface area (Å²) in [6.45, 7) is 6.93. The zero-order valence-electron chi connectivity index (χ0n) is 10.9. The average molecular weight is 250 g/mol. The maximum Gasteiger partial charge on any atom is 0.245 e. The van der Waals surface area contributed by atoms with Crippen LogP contribution in [0.3, 0.4) is 0 Å². The van der Waals surface area contributed by atoms with Crippen molar-refractivity contribution in [3.05, 3.63) is 12.7 Å². The third-order valence-electron chi connectivity index (χ3n) is 4.00. The van der Waals surface area contributed by atoms with E-state index in [9.17, 15) is 9.59 Å². The van der Waals surface area contributed by atoms with E-state index < -0.39 is 0 Å². The minimum absolute atomic E-state index is 0.0301. The van der Waals surface area contributed by atoms with Crippen LogP contribution in [0.1, 0.15) is 32.1 Å². The van der Waals surface area contributed by atoms with Crippen molar-refractivity contribution in [2.45, 2.75) is 32.1 Å². The normalized spacial score (nSPS) is 22.1. The average Bonchev–Trinajstić information content (AvgIpc) is 2.41. The molecule has 2 aliphatic heterocycles. The second kappa shape index (κ2) is 6.03. The van der Waals surface area contributed by atoms with Crippen molar-refractivity contribution in [3.8, 4) is 0 Å². The fourth-order valence-electron chi connectivity index (χ4n) is 2.83. The first kappa shape index (κ1) is 13.1. The summed E-state index contributed by atoms with van der Waals surface area (Å²) in [7, 11) is 0. The predicted molar refractivity (Wildman–Crippen MR) is 69.9 cm³/mol. The van der Waals surface area contributed by atoms with Crippen LogP contribution in [0, 0.1) is 5.92 Å². The minimum Gasteiger partial charge on any atom is -0.342 e. The Morgan fingerprint density at radius 1 is 1.28 bits per heavy atom. The van der Waals surface area contributed by atoms with Gasteiger partial charge >= 0.3 is 0 Å². The van der Waals surface area contributed by atoms with E-state index in [1.165, 1.54) is 6.08 Å². The largest absolute Gasteiger partial charge is 0.342 e. The van der Waals surface area contributed by atoms with Gasteiger partial charge in [0.1, 0.15) is 0 Å². The number of amides is 2. The lowest BCUT2D eigenvalue weighted by Crippen LogP contribution is -2.43. The van der Waals surface area contributed by atoms with Crippen molar-refractivity contribution >= 4 is 11.8 Å². The third kappa shape index (κ3) is 3.12. The molecule has 2 aliphatic rings. The molecule has 0 spiro atoms. The molecular formula is C14H22N2O2. The topological polar surface area (TPSA) is 40.6 Å². The Morgan fingerprint density at radius 3 is 2.61 bits per heavy atom. The molecule has 0 atom stereocenters. The van der Waals surface area contributed by atoms with Gasteiger partial charge in [-0.15, -0.1) is 0 Å². The number of piperidine rings is 2. The molecule has 2 amide bonds. The van der Waals surface area contributed by atoms with E-state index in [1.54, 1.807) is 0 Å². The highest BCUT2D eigenvalue weighted by Gasteiger charge is 2.25. The Hall–Kier alpha value is -1.32. The van der Waals surface area contributed by atoms with Gasteiger partial charge < -0.3 is 9.80 Å². The van der Waals surface area contributed by atoms with Crippen molar-refractivity contribution in [3.63, 3.8) is 0 Å². The summed E-state index contributed by atoms with van der Waals surface area (Å²) in [5, 5.41) is 0. The summed E-state index contributed by atoms with van der Waals surface area (Å²) in [5.74, 6) is 0.897. The molecule has 0 aliphatic carbocycles. The second-order valence-corrected chi connectivity index (χ2v) is 5.27. The minimum atomic E-state index is 0.0301. The van der Waals surface area contributed by atoms with Crippen LogP contribution in [-0.4, -0.2) is 47.8 Å². The molecule has 0 radical (unpaired) electrons. The van der Waals surface area contributed by atoms with E-state index in [0.717, 1.165) is 51.9 Å². The number of likely N-dealkylation sites (tertiary alicyclic amines) is 2. The van der Waals surface area contributed by atoms with Crippen molar-refractivity contribution in [2.24, 2.45) is 5.92 Å². The van der Waals surface area contributed by atoms with Crippen molar-refractivity contribution < 1.29 is 9.59 Å². The van der Waals surface area contributed by atoms with E-state index >= 15 is 0 Å². The van der Waals surface area contributed by atoms with Crippen LogP contribution in [-0.2, 0) is 9.59 Å². The van der Waals surface area contributed by atoms with E-state index in [-0.39, 0.29) is 5.91 Å². The Bertz CT molecular complexity index is 333. The maximum absolute atomic E-state index is 11.7. The van der Waals surface area contributed by atoms with Gasteiger partial charge in [0.2, 0.25) is 11.8 Å². The van der Waals surface area contributed by atoms with Gasteiger partial charge in [0.15, 0.2) is 0 Å². The van der Waals surface area contributed by atoms with Crippen LogP contribution >= 0.6 is 0 Å². The molecule has 4 heteroatoms. The molecule has 0 bridgehead atoms. The lowest BCUT2D eigenvalue weighted by atomic mass is 9.95. The molecule has 2 rings (SSSR count). The number of carbonyl (C=O) groups is 2. The molecule has 2 heterocycles.